The minimum atomic E-state index is -0.177. The Morgan fingerprint density at radius 2 is 1.92 bits per heavy atom. The lowest BCUT2D eigenvalue weighted by atomic mass is 10.1. The largest absolute Gasteiger partial charge is 0.321 e. The zero-order valence-corrected chi connectivity index (χ0v) is 14.3. The maximum absolute atomic E-state index is 12.6. The second kappa shape index (κ2) is 6.10. The van der Waals surface area contributed by atoms with Gasteiger partial charge in [0.2, 0.25) is 0 Å². The highest BCUT2D eigenvalue weighted by Crippen LogP contribution is 2.29. The molecule has 2 heterocycles. The number of nitrogens with one attached hydrogen (secondary N) is 1. The molecule has 7 heteroatoms. The second-order valence-corrected chi connectivity index (χ2v) is 6.81. The van der Waals surface area contributed by atoms with Gasteiger partial charge in [0.25, 0.3) is 5.91 Å². The Kier molecular flexibility index (Phi) is 3.79. The number of hydrogen-bond acceptors (Lipinski definition) is 6. The average molecular weight is 352 g/mol. The Morgan fingerprint density at radius 3 is 2.75 bits per heavy atom. The van der Waals surface area contributed by atoms with Crippen molar-refractivity contribution in [1.82, 2.24) is 13.7 Å². The van der Waals surface area contributed by atoms with E-state index in [0.29, 0.717) is 5.56 Å². The highest BCUT2D eigenvalue weighted by Gasteiger charge is 2.13. The molecule has 0 unspecified atom stereocenters. The van der Waals surface area contributed by atoms with Gasteiger partial charge in [0.05, 0.1) is 28.1 Å². The van der Waals surface area contributed by atoms with Crippen LogP contribution in [0.2, 0.25) is 0 Å². The minimum Gasteiger partial charge on any atom is -0.321 e. The van der Waals surface area contributed by atoms with Crippen LogP contribution >= 0.6 is 23.1 Å². The SMILES string of the molecule is Cc1nc(-c2ccccc2NC(=O)c2ccc3nsnc3c2)cs1. The summed E-state index contributed by atoms with van der Waals surface area (Å²) in [5, 5.41) is 5.96. The van der Waals surface area contributed by atoms with E-state index in [2.05, 4.69) is 19.0 Å². The Balaban J connectivity index is 1.66. The molecule has 2 aromatic heterocycles. The number of anilines is 1. The van der Waals surface area contributed by atoms with Gasteiger partial charge >= 0.3 is 0 Å². The Morgan fingerprint density at radius 1 is 1.08 bits per heavy atom. The van der Waals surface area contributed by atoms with Crippen molar-refractivity contribution < 1.29 is 4.79 Å². The fourth-order valence-electron chi connectivity index (χ4n) is 2.42. The molecule has 0 spiro atoms. The molecule has 1 amide bonds. The lowest BCUT2D eigenvalue weighted by Crippen LogP contribution is -2.12. The first-order chi connectivity index (χ1) is 11.7. The molecule has 0 aliphatic rings. The van der Waals surface area contributed by atoms with E-state index in [9.17, 15) is 4.79 Å². The van der Waals surface area contributed by atoms with Crippen molar-refractivity contribution in [2.75, 3.05) is 5.32 Å². The van der Waals surface area contributed by atoms with Gasteiger partial charge in [-0.05, 0) is 31.2 Å². The summed E-state index contributed by atoms with van der Waals surface area (Å²) in [6.45, 7) is 1.96. The number of carbonyl (C=O) groups excluding carboxylic acids is 1. The molecule has 118 valence electrons. The average Bonchev–Trinajstić information content (AvgIpc) is 3.23. The monoisotopic (exact) mass is 352 g/mol. The molecule has 24 heavy (non-hydrogen) atoms. The number of aryl methyl sites for hydroxylation is 1. The first-order valence-corrected chi connectivity index (χ1v) is 8.87. The van der Waals surface area contributed by atoms with Crippen LogP contribution in [0.15, 0.2) is 47.8 Å². The molecule has 0 aliphatic carbocycles. The summed E-state index contributed by atoms with van der Waals surface area (Å²) in [6.07, 6.45) is 0. The smallest absolute Gasteiger partial charge is 0.255 e. The molecule has 0 aliphatic heterocycles. The van der Waals surface area contributed by atoms with Crippen LogP contribution in [0.3, 0.4) is 0 Å². The number of carbonyl (C=O) groups is 1. The van der Waals surface area contributed by atoms with E-state index in [0.717, 1.165) is 44.7 Å². The number of amides is 1. The van der Waals surface area contributed by atoms with Crippen LogP contribution in [0.25, 0.3) is 22.3 Å². The number of aromatic nitrogens is 3. The van der Waals surface area contributed by atoms with Crippen LogP contribution in [0.5, 0.6) is 0 Å². The molecule has 2 aromatic carbocycles. The summed E-state index contributed by atoms with van der Waals surface area (Å²) in [5.74, 6) is -0.177. The van der Waals surface area contributed by atoms with Gasteiger partial charge in [0, 0.05) is 16.5 Å². The van der Waals surface area contributed by atoms with Gasteiger partial charge in [-0.1, -0.05) is 18.2 Å². The quantitative estimate of drug-likeness (QED) is 0.594. The summed E-state index contributed by atoms with van der Waals surface area (Å²) in [7, 11) is 0. The Hall–Kier alpha value is -2.64. The van der Waals surface area contributed by atoms with E-state index in [1.807, 2.05) is 42.6 Å². The zero-order chi connectivity index (χ0) is 16.5. The molecule has 1 N–H and O–H groups in total. The van der Waals surface area contributed by atoms with Crippen molar-refractivity contribution >= 4 is 45.7 Å². The first-order valence-electron chi connectivity index (χ1n) is 7.26. The van der Waals surface area contributed by atoms with Crippen LogP contribution in [-0.4, -0.2) is 19.6 Å². The van der Waals surface area contributed by atoms with Gasteiger partial charge in [-0.15, -0.1) is 11.3 Å². The molecule has 4 rings (SSSR count). The van der Waals surface area contributed by atoms with Crippen molar-refractivity contribution in [1.29, 1.82) is 0 Å². The van der Waals surface area contributed by atoms with E-state index in [-0.39, 0.29) is 5.91 Å². The van der Waals surface area contributed by atoms with Gasteiger partial charge < -0.3 is 5.32 Å². The van der Waals surface area contributed by atoms with Crippen LogP contribution in [0.4, 0.5) is 5.69 Å². The molecule has 4 aromatic rings. The highest BCUT2D eigenvalue weighted by atomic mass is 32.1. The summed E-state index contributed by atoms with van der Waals surface area (Å²) in [4.78, 5) is 17.1. The topological polar surface area (TPSA) is 67.8 Å². The number of fused-ring (bicyclic) bond motifs is 1. The summed E-state index contributed by atoms with van der Waals surface area (Å²) >= 11 is 2.73. The number of benzene rings is 2. The maximum atomic E-state index is 12.6. The van der Waals surface area contributed by atoms with E-state index in [4.69, 9.17) is 0 Å². The summed E-state index contributed by atoms with van der Waals surface area (Å²) in [6, 6.07) is 13.0. The standard InChI is InChI=1S/C17H12N4OS2/c1-10-18-16(9-23-10)12-4-2-3-5-13(12)19-17(22)11-6-7-14-15(8-11)21-24-20-14/h2-9H,1H3,(H,19,22). The molecule has 5 nitrogen and oxygen atoms in total. The van der Waals surface area contributed by atoms with Crippen LogP contribution in [0.1, 0.15) is 15.4 Å². The van der Waals surface area contributed by atoms with Crippen LogP contribution in [0, 0.1) is 6.92 Å². The lowest BCUT2D eigenvalue weighted by Gasteiger charge is -2.09. The normalized spacial score (nSPS) is 10.9. The predicted molar refractivity (Wildman–Crippen MR) is 97.7 cm³/mol. The van der Waals surface area contributed by atoms with E-state index < -0.39 is 0 Å². The number of thiazole rings is 1. The van der Waals surface area contributed by atoms with Gasteiger partial charge in [-0.25, -0.2) is 4.98 Å². The summed E-state index contributed by atoms with van der Waals surface area (Å²) in [5.41, 5.74) is 4.61. The Labute approximate surface area is 146 Å². The molecule has 0 saturated heterocycles. The molecule has 0 radical (unpaired) electrons. The number of hydrogen-bond donors (Lipinski definition) is 1. The van der Waals surface area contributed by atoms with Crippen molar-refractivity contribution in [2.45, 2.75) is 6.92 Å². The van der Waals surface area contributed by atoms with Gasteiger partial charge in [0.15, 0.2) is 0 Å². The predicted octanol–water partition coefficient (Wildman–Crippen LogP) is 4.38. The van der Waals surface area contributed by atoms with Crippen LogP contribution in [-0.2, 0) is 0 Å². The fourth-order valence-corrected chi connectivity index (χ4v) is 3.55. The third kappa shape index (κ3) is 2.79. The summed E-state index contributed by atoms with van der Waals surface area (Å²) < 4.78 is 8.33. The van der Waals surface area contributed by atoms with Gasteiger partial charge in [-0.2, -0.15) is 8.75 Å². The molecular weight excluding hydrogens is 340 g/mol. The van der Waals surface area contributed by atoms with E-state index in [1.165, 1.54) is 0 Å². The molecule has 0 fully saturated rings. The maximum Gasteiger partial charge on any atom is 0.255 e. The minimum absolute atomic E-state index is 0.177. The van der Waals surface area contributed by atoms with Crippen molar-refractivity contribution in [2.24, 2.45) is 0 Å². The van der Waals surface area contributed by atoms with E-state index >= 15 is 0 Å². The van der Waals surface area contributed by atoms with Crippen molar-refractivity contribution in [3.63, 3.8) is 0 Å². The molecular formula is C17H12N4OS2. The third-order valence-electron chi connectivity index (χ3n) is 3.59. The fraction of sp³-hybridized carbons (Fsp3) is 0.0588. The van der Waals surface area contributed by atoms with Crippen LogP contribution < -0.4 is 5.32 Å². The number of rotatable bonds is 3. The number of nitrogens with zero attached hydrogens (tertiary/aromatic N) is 3. The zero-order valence-electron chi connectivity index (χ0n) is 12.7. The van der Waals surface area contributed by atoms with E-state index in [1.54, 1.807) is 23.5 Å². The number of para-hydroxylation sites is 1. The first kappa shape index (κ1) is 14.9. The third-order valence-corrected chi connectivity index (χ3v) is 4.92. The Bertz CT molecular complexity index is 1040. The van der Waals surface area contributed by atoms with Gasteiger partial charge in [-0.3, -0.25) is 4.79 Å². The van der Waals surface area contributed by atoms with Gasteiger partial charge in [0.1, 0.15) is 11.0 Å². The highest BCUT2D eigenvalue weighted by molar-refractivity contribution is 7.09. The van der Waals surface area contributed by atoms with Crippen molar-refractivity contribution in [3.8, 4) is 11.3 Å². The lowest BCUT2D eigenvalue weighted by molar-refractivity contribution is 0.102. The second-order valence-electron chi connectivity index (χ2n) is 5.22. The molecule has 0 bridgehead atoms. The molecule has 0 saturated carbocycles. The molecule has 0 atom stereocenters. The van der Waals surface area contributed by atoms with Crippen molar-refractivity contribution in [3.05, 3.63) is 58.4 Å².